The maximum atomic E-state index is 12.1. The summed E-state index contributed by atoms with van der Waals surface area (Å²) in [5, 5.41) is 18.6. The molecule has 0 aliphatic carbocycles. The SMILES string of the molecule is CN(C)C(=O)c1ccc(NC(=O)Cn2nnc(-c3ccsc3)n2)cc1. The Hall–Kier alpha value is -3.07. The van der Waals surface area contributed by atoms with Crippen LogP contribution in [0, 0.1) is 0 Å². The fraction of sp³-hybridized carbons (Fsp3) is 0.188. The van der Waals surface area contributed by atoms with E-state index in [2.05, 4.69) is 20.7 Å². The van der Waals surface area contributed by atoms with Gasteiger partial charge in [-0.3, -0.25) is 9.59 Å². The number of anilines is 1. The van der Waals surface area contributed by atoms with E-state index in [4.69, 9.17) is 0 Å². The largest absolute Gasteiger partial charge is 0.345 e. The molecule has 0 aliphatic rings. The fourth-order valence-corrected chi connectivity index (χ4v) is 2.74. The van der Waals surface area contributed by atoms with Crippen molar-refractivity contribution in [2.75, 3.05) is 19.4 Å². The van der Waals surface area contributed by atoms with Crippen LogP contribution in [0.1, 0.15) is 10.4 Å². The Balaban J connectivity index is 1.60. The van der Waals surface area contributed by atoms with Crippen molar-refractivity contribution in [2.24, 2.45) is 0 Å². The minimum atomic E-state index is -0.277. The molecule has 8 nitrogen and oxygen atoms in total. The molecule has 9 heteroatoms. The maximum Gasteiger partial charge on any atom is 0.253 e. The Morgan fingerprint density at radius 1 is 1.20 bits per heavy atom. The lowest BCUT2D eigenvalue weighted by molar-refractivity contribution is -0.117. The molecule has 0 saturated carbocycles. The maximum absolute atomic E-state index is 12.1. The van der Waals surface area contributed by atoms with Crippen LogP contribution < -0.4 is 5.32 Å². The van der Waals surface area contributed by atoms with Crippen molar-refractivity contribution in [1.82, 2.24) is 25.1 Å². The van der Waals surface area contributed by atoms with Crippen LogP contribution in [0.25, 0.3) is 11.4 Å². The second kappa shape index (κ2) is 7.22. The summed E-state index contributed by atoms with van der Waals surface area (Å²) in [5.41, 5.74) is 2.03. The van der Waals surface area contributed by atoms with E-state index in [1.54, 1.807) is 49.7 Å². The van der Waals surface area contributed by atoms with Gasteiger partial charge in [0.1, 0.15) is 6.54 Å². The predicted octanol–water partition coefficient (Wildman–Crippen LogP) is 1.74. The lowest BCUT2D eigenvalue weighted by atomic mass is 10.2. The lowest BCUT2D eigenvalue weighted by Crippen LogP contribution is -2.22. The minimum absolute atomic E-state index is 0.0461. The number of hydrogen-bond acceptors (Lipinski definition) is 6. The number of aromatic nitrogens is 4. The summed E-state index contributed by atoms with van der Waals surface area (Å²) in [6.07, 6.45) is 0. The smallest absolute Gasteiger partial charge is 0.253 e. The Labute approximate surface area is 148 Å². The quantitative estimate of drug-likeness (QED) is 0.752. The van der Waals surface area contributed by atoms with Crippen molar-refractivity contribution in [3.05, 3.63) is 46.7 Å². The van der Waals surface area contributed by atoms with Gasteiger partial charge >= 0.3 is 0 Å². The standard InChI is InChI=1S/C16H16N6O2S/c1-21(2)16(24)11-3-5-13(6-4-11)17-14(23)9-22-19-15(18-20-22)12-7-8-25-10-12/h3-8,10H,9H2,1-2H3,(H,17,23). The second-order valence-electron chi connectivity index (χ2n) is 5.48. The van der Waals surface area contributed by atoms with Gasteiger partial charge < -0.3 is 10.2 Å². The highest BCUT2D eigenvalue weighted by Crippen LogP contribution is 2.16. The predicted molar refractivity (Wildman–Crippen MR) is 94.2 cm³/mol. The molecule has 0 radical (unpaired) electrons. The molecule has 0 fully saturated rings. The zero-order valence-corrected chi connectivity index (χ0v) is 14.5. The molecule has 1 aromatic carbocycles. The molecule has 3 aromatic rings. The summed E-state index contributed by atoms with van der Waals surface area (Å²) >= 11 is 1.54. The Kier molecular flexibility index (Phi) is 4.85. The number of nitrogens with one attached hydrogen (secondary N) is 1. The van der Waals surface area contributed by atoms with Crippen LogP contribution in [0.4, 0.5) is 5.69 Å². The summed E-state index contributed by atoms with van der Waals surface area (Å²) < 4.78 is 0. The van der Waals surface area contributed by atoms with Gasteiger partial charge in [0, 0.05) is 36.3 Å². The van der Waals surface area contributed by atoms with Gasteiger partial charge in [0.15, 0.2) is 0 Å². The molecule has 3 rings (SSSR count). The molecule has 1 N–H and O–H groups in total. The van der Waals surface area contributed by atoms with E-state index in [1.165, 1.54) is 9.70 Å². The van der Waals surface area contributed by atoms with Gasteiger partial charge in [0.05, 0.1) is 0 Å². The van der Waals surface area contributed by atoms with Gasteiger partial charge in [-0.25, -0.2) is 0 Å². The first-order valence-electron chi connectivity index (χ1n) is 7.45. The minimum Gasteiger partial charge on any atom is -0.345 e. The van der Waals surface area contributed by atoms with Gasteiger partial charge in [0.25, 0.3) is 5.91 Å². The molecule has 0 bridgehead atoms. The second-order valence-corrected chi connectivity index (χ2v) is 6.26. The molecule has 0 saturated heterocycles. The number of hydrogen-bond donors (Lipinski definition) is 1. The molecule has 2 heterocycles. The fourth-order valence-electron chi connectivity index (χ4n) is 2.10. The number of benzene rings is 1. The van der Waals surface area contributed by atoms with Crippen LogP contribution in [0.3, 0.4) is 0 Å². The van der Waals surface area contributed by atoms with Crippen LogP contribution in [-0.4, -0.2) is 51.0 Å². The molecular formula is C16H16N6O2S. The Bertz CT molecular complexity index is 870. The third-order valence-corrected chi connectivity index (χ3v) is 4.02. The number of nitrogens with zero attached hydrogens (tertiary/aromatic N) is 5. The van der Waals surface area contributed by atoms with Crippen molar-refractivity contribution in [2.45, 2.75) is 6.54 Å². The highest BCUT2D eigenvalue weighted by molar-refractivity contribution is 7.08. The van der Waals surface area contributed by atoms with E-state index in [9.17, 15) is 9.59 Å². The summed E-state index contributed by atoms with van der Waals surface area (Å²) in [5.74, 6) is 0.118. The Morgan fingerprint density at radius 2 is 1.96 bits per heavy atom. The molecule has 0 aliphatic heterocycles. The number of tetrazole rings is 1. The van der Waals surface area contributed by atoms with Crippen molar-refractivity contribution in [3.8, 4) is 11.4 Å². The Morgan fingerprint density at radius 3 is 2.60 bits per heavy atom. The third-order valence-electron chi connectivity index (χ3n) is 3.34. The first-order chi connectivity index (χ1) is 12.0. The number of amides is 2. The monoisotopic (exact) mass is 356 g/mol. The average molecular weight is 356 g/mol. The summed E-state index contributed by atoms with van der Waals surface area (Å²) in [6.45, 7) is -0.0461. The highest BCUT2D eigenvalue weighted by atomic mass is 32.1. The average Bonchev–Trinajstić information content (AvgIpc) is 3.26. The molecule has 0 atom stereocenters. The first kappa shape index (κ1) is 16.8. The molecule has 0 spiro atoms. The van der Waals surface area contributed by atoms with Crippen LogP contribution in [0.2, 0.25) is 0 Å². The van der Waals surface area contributed by atoms with Gasteiger partial charge in [-0.15, -0.1) is 10.2 Å². The first-order valence-corrected chi connectivity index (χ1v) is 8.39. The van der Waals surface area contributed by atoms with E-state index in [0.29, 0.717) is 17.1 Å². The van der Waals surface area contributed by atoms with E-state index in [1.807, 2.05) is 16.8 Å². The van der Waals surface area contributed by atoms with Crippen molar-refractivity contribution in [3.63, 3.8) is 0 Å². The third kappa shape index (κ3) is 4.07. The van der Waals surface area contributed by atoms with Crippen molar-refractivity contribution >= 4 is 28.8 Å². The molecule has 2 amide bonds. The van der Waals surface area contributed by atoms with Crippen molar-refractivity contribution in [1.29, 1.82) is 0 Å². The number of rotatable bonds is 5. The zero-order valence-electron chi connectivity index (χ0n) is 13.7. The molecule has 25 heavy (non-hydrogen) atoms. The normalized spacial score (nSPS) is 10.5. The van der Waals surface area contributed by atoms with E-state index in [0.717, 1.165) is 5.56 Å². The molecule has 0 unspecified atom stereocenters. The summed E-state index contributed by atoms with van der Waals surface area (Å²) in [6, 6.07) is 8.59. The van der Waals surface area contributed by atoms with E-state index in [-0.39, 0.29) is 18.4 Å². The van der Waals surface area contributed by atoms with Crippen LogP contribution >= 0.6 is 11.3 Å². The lowest BCUT2D eigenvalue weighted by Gasteiger charge is -2.10. The zero-order chi connectivity index (χ0) is 17.8. The summed E-state index contributed by atoms with van der Waals surface area (Å²) in [4.78, 5) is 26.7. The van der Waals surface area contributed by atoms with Crippen LogP contribution in [0.5, 0.6) is 0 Å². The number of thiophene rings is 1. The van der Waals surface area contributed by atoms with E-state index < -0.39 is 0 Å². The topological polar surface area (TPSA) is 93.0 Å². The molecule has 128 valence electrons. The van der Waals surface area contributed by atoms with Crippen LogP contribution in [0.15, 0.2) is 41.1 Å². The van der Waals surface area contributed by atoms with Gasteiger partial charge in [-0.05, 0) is 40.9 Å². The van der Waals surface area contributed by atoms with Crippen LogP contribution in [-0.2, 0) is 11.3 Å². The highest BCUT2D eigenvalue weighted by Gasteiger charge is 2.11. The number of carbonyl (C=O) groups excluding carboxylic acids is 2. The van der Waals surface area contributed by atoms with E-state index >= 15 is 0 Å². The summed E-state index contributed by atoms with van der Waals surface area (Å²) in [7, 11) is 3.38. The van der Waals surface area contributed by atoms with Gasteiger partial charge in [-0.1, -0.05) is 0 Å². The van der Waals surface area contributed by atoms with Gasteiger partial charge in [0.2, 0.25) is 11.7 Å². The van der Waals surface area contributed by atoms with Gasteiger partial charge in [-0.2, -0.15) is 16.1 Å². The molecule has 2 aromatic heterocycles. The number of carbonyl (C=O) groups is 2. The molecular weight excluding hydrogens is 340 g/mol. The van der Waals surface area contributed by atoms with Crippen molar-refractivity contribution < 1.29 is 9.59 Å².